The summed E-state index contributed by atoms with van der Waals surface area (Å²) >= 11 is 0. The van der Waals surface area contributed by atoms with Crippen molar-refractivity contribution in [2.75, 3.05) is 6.54 Å². The minimum atomic E-state index is -0.936. The molecule has 1 saturated heterocycles. The number of carbonyl (C=O) groups excluding carboxylic acids is 1. The Morgan fingerprint density at radius 3 is 2.89 bits per heavy atom. The average molecular weight is 252 g/mol. The number of rotatable bonds is 3. The zero-order valence-corrected chi connectivity index (χ0v) is 10.2. The van der Waals surface area contributed by atoms with Gasteiger partial charge in [0.15, 0.2) is 0 Å². The highest BCUT2D eigenvalue weighted by atomic mass is 16.4. The second kappa shape index (κ2) is 5.16. The molecule has 1 aromatic rings. The van der Waals surface area contributed by atoms with Crippen LogP contribution in [0.5, 0.6) is 0 Å². The summed E-state index contributed by atoms with van der Waals surface area (Å²) in [5, 5.41) is 16.6. The molecule has 2 atom stereocenters. The number of nitrogens with zero attached hydrogens (tertiary/aromatic N) is 4. The van der Waals surface area contributed by atoms with Crippen molar-refractivity contribution in [1.29, 1.82) is 0 Å². The maximum Gasteiger partial charge on any atom is 0.326 e. The van der Waals surface area contributed by atoms with Gasteiger partial charge in [0.05, 0.1) is 6.20 Å². The molecule has 1 aromatic heterocycles. The lowest BCUT2D eigenvalue weighted by molar-refractivity contribution is -0.155. The van der Waals surface area contributed by atoms with E-state index in [1.165, 1.54) is 15.8 Å². The summed E-state index contributed by atoms with van der Waals surface area (Å²) in [6.07, 6.45) is 4.75. The first-order valence-corrected chi connectivity index (χ1v) is 5.96. The number of carboxylic acids is 1. The zero-order valence-electron chi connectivity index (χ0n) is 10.2. The number of hydrogen-bond donors (Lipinski definition) is 1. The molecule has 1 aliphatic heterocycles. The topological polar surface area (TPSA) is 88.3 Å². The van der Waals surface area contributed by atoms with Crippen molar-refractivity contribution in [2.24, 2.45) is 5.92 Å². The molecule has 0 bridgehead atoms. The number of carboxylic acid groups (broad SMARTS) is 1. The van der Waals surface area contributed by atoms with Crippen molar-refractivity contribution >= 4 is 11.9 Å². The van der Waals surface area contributed by atoms with E-state index >= 15 is 0 Å². The fraction of sp³-hybridized carbons (Fsp3) is 0.636. The highest BCUT2D eigenvalue weighted by molar-refractivity contribution is 5.84. The van der Waals surface area contributed by atoms with Gasteiger partial charge in [-0.3, -0.25) is 4.79 Å². The molecule has 7 nitrogen and oxygen atoms in total. The Hall–Kier alpha value is -1.92. The molecule has 2 heterocycles. The van der Waals surface area contributed by atoms with Crippen LogP contribution in [0.2, 0.25) is 0 Å². The second-order valence-corrected chi connectivity index (χ2v) is 4.59. The van der Waals surface area contributed by atoms with Gasteiger partial charge < -0.3 is 10.0 Å². The van der Waals surface area contributed by atoms with Crippen LogP contribution in [0.25, 0.3) is 0 Å². The van der Waals surface area contributed by atoms with Gasteiger partial charge >= 0.3 is 5.97 Å². The Morgan fingerprint density at radius 1 is 1.50 bits per heavy atom. The highest BCUT2D eigenvalue weighted by Gasteiger charge is 2.36. The third kappa shape index (κ3) is 2.49. The fourth-order valence-electron chi connectivity index (χ4n) is 2.39. The number of carbonyl (C=O) groups is 2. The SMILES string of the molecule is CC1CCCN(C(=O)Cn2ccnn2)C1C(=O)O. The van der Waals surface area contributed by atoms with Crippen LogP contribution in [0.4, 0.5) is 0 Å². The normalized spacial score (nSPS) is 23.9. The third-order valence-corrected chi connectivity index (χ3v) is 3.28. The summed E-state index contributed by atoms with van der Waals surface area (Å²) in [7, 11) is 0. The first kappa shape index (κ1) is 12.5. The van der Waals surface area contributed by atoms with E-state index in [-0.39, 0.29) is 18.4 Å². The van der Waals surface area contributed by atoms with E-state index in [1.807, 2.05) is 6.92 Å². The van der Waals surface area contributed by atoms with Gasteiger partial charge in [0, 0.05) is 12.7 Å². The Balaban J connectivity index is 2.09. The van der Waals surface area contributed by atoms with Gasteiger partial charge in [0.2, 0.25) is 5.91 Å². The molecule has 1 fully saturated rings. The van der Waals surface area contributed by atoms with Crippen LogP contribution >= 0.6 is 0 Å². The Bertz CT molecular complexity index is 432. The van der Waals surface area contributed by atoms with Crippen molar-refractivity contribution in [3.05, 3.63) is 12.4 Å². The molecule has 0 saturated carbocycles. The molecule has 0 aromatic carbocycles. The minimum Gasteiger partial charge on any atom is -0.480 e. The van der Waals surface area contributed by atoms with Crippen LogP contribution in [0.3, 0.4) is 0 Å². The molecule has 98 valence electrons. The van der Waals surface area contributed by atoms with Gasteiger partial charge in [-0.05, 0) is 18.8 Å². The molecule has 0 radical (unpaired) electrons. The molecular formula is C11H16N4O3. The Morgan fingerprint density at radius 2 is 2.28 bits per heavy atom. The summed E-state index contributed by atoms with van der Waals surface area (Å²) < 4.78 is 1.40. The Labute approximate surface area is 104 Å². The molecule has 1 amide bonds. The molecule has 2 rings (SSSR count). The van der Waals surface area contributed by atoms with E-state index < -0.39 is 12.0 Å². The summed E-state index contributed by atoms with van der Waals surface area (Å²) in [6, 6.07) is -0.727. The van der Waals surface area contributed by atoms with Crippen LogP contribution in [-0.4, -0.2) is 49.5 Å². The quantitative estimate of drug-likeness (QED) is 0.817. The molecule has 1 N–H and O–H groups in total. The molecule has 7 heteroatoms. The maximum atomic E-state index is 12.1. The van der Waals surface area contributed by atoms with Crippen molar-refractivity contribution in [1.82, 2.24) is 19.9 Å². The predicted octanol–water partition coefficient (Wildman–Crippen LogP) is -0.0102. The van der Waals surface area contributed by atoms with Gasteiger partial charge in [0.25, 0.3) is 0 Å². The first-order valence-electron chi connectivity index (χ1n) is 5.96. The zero-order chi connectivity index (χ0) is 13.1. The molecule has 18 heavy (non-hydrogen) atoms. The third-order valence-electron chi connectivity index (χ3n) is 3.28. The largest absolute Gasteiger partial charge is 0.480 e. The Kier molecular flexibility index (Phi) is 3.59. The fourth-order valence-corrected chi connectivity index (χ4v) is 2.39. The highest BCUT2D eigenvalue weighted by Crippen LogP contribution is 2.23. The molecular weight excluding hydrogens is 236 g/mol. The van der Waals surface area contributed by atoms with Crippen LogP contribution in [0, 0.1) is 5.92 Å². The number of aromatic nitrogens is 3. The van der Waals surface area contributed by atoms with Crippen LogP contribution in [0.15, 0.2) is 12.4 Å². The van der Waals surface area contributed by atoms with Crippen molar-refractivity contribution < 1.29 is 14.7 Å². The van der Waals surface area contributed by atoms with Crippen LogP contribution < -0.4 is 0 Å². The molecule has 0 aliphatic carbocycles. The van der Waals surface area contributed by atoms with E-state index in [1.54, 1.807) is 6.20 Å². The average Bonchev–Trinajstić information content (AvgIpc) is 2.80. The van der Waals surface area contributed by atoms with E-state index in [0.717, 1.165) is 12.8 Å². The van der Waals surface area contributed by atoms with Gasteiger partial charge in [-0.2, -0.15) is 0 Å². The number of piperidine rings is 1. The van der Waals surface area contributed by atoms with Gasteiger partial charge in [-0.25, -0.2) is 9.48 Å². The standard InChI is InChI=1S/C11H16N4O3/c1-8-3-2-5-15(10(8)11(17)18)9(16)7-14-6-4-12-13-14/h4,6,8,10H,2-3,5,7H2,1H3,(H,17,18). The maximum absolute atomic E-state index is 12.1. The van der Waals surface area contributed by atoms with E-state index in [2.05, 4.69) is 10.3 Å². The van der Waals surface area contributed by atoms with Crippen LogP contribution in [0.1, 0.15) is 19.8 Å². The number of aliphatic carboxylic acids is 1. The molecule has 2 unspecified atom stereocenters. The molecule has 1 aliphatic rings. The smallest absolute Gasteiger partial charge is 0.326 e. The monoisotopic (exact) mass is 252 g/mol. The predicted molar refractivity (Wildman–Crippen MR) is 61.6 cm³/mol. The minimum absolute atomic E-state index is 0.0176. The lowest BCUT2D eigenvalue weighted by atomic mass is 9.91. The van der Waals surface area contributed by atoms with Gasteiger partial charge in [-0.15, -0.1) is 5.10 Å². The number of likely N-dealkylation sites (tertiary alicyclic amines) is 1. The lowest BCUT2D eigenvalue weighted by Gasteiger charge is -2.37. The van der Waals surface area contributed by atoms with Gasteiger partial charge in [0.1, 0.15) is 12.6 Å². The van der Waals surface area contributed by atoms with Crippen molar-refractivity contribution in [3.63, 3.8) is 0 Å². The second-order valence-electron chi connectivity index (χ2n) is 4.59. The first-order chi connectivity index (χ1) is 8.59. The summed E-state index contributed by atoms with van der Waals surface area (Å²) in [5.41, 5.74) is 0. The van der Waals surface area contributed by atoms with Gasteiger partial charge in [-0.1, -0.05) is 12.1 Å². The summed E-state index contributed by atoms with van der Waals surface area (Å²) in [6.45, 7) is 2.40. The van der Waals surface area contributed by atoms with Crippen LogP contribution in [-0.2, 0) is 16.1 Å². The van der Waals surface area contributed by atoms with E-state index in [4.69, 9.17) is 0 Å². The number of hydrogen-bond acceptors (Lipinski definition) is 4. The summed E-state index contributed by atoms with van der Waals surface area (Å²) in [5.74, 6) is -1.18. The number of amides is 1. The van der Waals surface area contributed by atoms with E-state index in [9.17, 15) is 14.7 Å². The van der Waals surface area contributed by atoms with Crippen molar-refractivity contribution in [2.45, 2.75) is 32.4 Å². The summed E-state index contributed by atoms with van der Waals surface area (Å²) in [4.78, 5) is 24.8. The van der Waals surface area contributed by atoms with E-state index in [0.29, 0.717) is 6.54 Å². The lowest BCUT2D eigenvalue weighted by Crippen LogP contribution is -2.52. The molecule has 0 spiro atoms. The van der Waals surface area contributed by atoms with Crippen molar-refractivity contribution in [3.8, 4) is 0 Å².